The minimum Gasteiger partial charge on any atom is -0.361 e. The first-order valence-corrected chi connectivity index (χ1v) is 5.32. The summed E-state index contributed by atoms with van der Waals surface area (Å²) in [6, 6.07) is 8.51. The van der Waals surface area contributed by atoms with Gasteiger partial charge in [0, 0.05) is 17.1 Å². The zero-order valence-electron chi connectivity index (χ0n) is 8.88. The van der Waals surface area contributed by atoms with Crippen LogP contribution in [0.2, 0.25) is 0 Å². The molecule has 2 aromatic rings. The van der Waals surface area contributed by atoms with E-state index < -0.39 is 0 Å². The Labute approximate surface area is 85.1 Å². The third-order valence-corrected chi connectivity index (χ3v) is 2.67. The van der Waals surface area contributed by atoms with Crippen LogP contribution in [0.15, 0.2) is 30.5 Å². The lowest BCUT2D eigenvalue weighted by molar-refractivity contribution is 0.588. The van der Waals surface area contributed by atoms with Crippen LogP contribution >= 0.6 is 0 Å². The Bertz CT molecular complexity index is 412. The second-order valence-electron chi connectivity index (χ2n) is 4.29. The van der Waals surface area contributed by atoms with E-state index in [1.807, 2.05) is 0 Å². The molecule has 0 spiro atoms. The van der Waals surface area contributed by atoms with Crippen LogP contribution in [0, 0.1) is 5.92 Å². The Morgan fingerprint density at radius 3 is 2.79 bits per heavy atom. The summed E-state index contributed by atoms with van der Waals surface area (Å²) in [4.78, 5) is 3.31. The molecular weight excluding hydrogens is 170 g/mol. The molecule has 1 N–H and O–H groups in total. The molecule has 14 heavy (non-hydrogen) atoms. The second-order valence-corrected chi connectivity index (χ2v) is 4.29. The molecule has 1 aromatic heterocycles. The van der Waals surface area contributed by atoms with Crippen molar-refractivity contribution in [2.24, 2.45) is 5.92 Å². The fourth-order valence-electron chi connectivity index (χ4n) is 1.78. The zero-order chi connectivity index (χ0) is 9.97. The minimum atomic E-state index is 0.781. The summed E-state index contributed by atoms with van der Waals surface area (Å²) in [5.41, 5.74) is 2.71. The predicted molar refractivity (Wildman–Crippen MR) is 61.5 cm³/mol. The molecule has 0 saturated carbocycles. The van der Waals surface area contributed by atoms with Crippen LogP contribution in [0.25, 0.3) is 10.9 Å². The van der Waals surface area contributed by atoms with Gasteiger partial charge in [-0.1, -0.05) is 32.0 Å². The van der Waals surface area contributed by atoms with Crippen LogP contribution in [0.4, 0.5) is 0 Å². The molecule has 1 heterocycles. The number of aromatic amines is 1. The summed E-state index contributed by atoms with van der Waals surface area (Å²) in [6.07, 6.45) is 4.59. The molecule has 0 unspecified atom stereocenters. The van der Waals surface area contributed by atoms with Crippen molar-refractivity contribution in [1.82, 2.24) is 4.98 Å². The summed E-state index contributed by atoms with van der Waals surface area (Å²) >= 11 is 0. The molecule has 0 saturated heterocycles. The molecule has 0 fully saturated rings. The van der Waals surface area contributed by atoms with Crippen molar-refractivity contribution in [3.05, 3.63) is 36.0 Å². The topological polar surface area (TPSA) is 15.8 Å². The van der Waals surface area contributed by atoms with Gasteiger partial charge in [0.05, 0.1) is 0 Å². The van der Waals surface area contributed by atoms with Crippen LogP contribution < -0.4 is 0 Å². The number of hydrogen-bond acceptors (Lipinski definition) is 0. The van der Waals surface area contributed by atoms with Crippen LogP contribution in [-0.4, -0.2) is 4.98 Å². The van der Waals surface area contributed by atoms with E-state index >= 15 is 0 Å². The number of aromatic nitrogens is 1. The maximum absolute atomic E-state index is 3.31. The summed E-state index contributed by atoms with van der Waals surface area (Å²) in [6.45, 7) is 4.55. The van der Waals surface area contributed by atoms with Crippen molar-refractivity contribution in [3.8, 4) is 0 Å². The number of nitrogens with one attached hydrogen (secondary N) is 1. The average molecular weight is 187 g/mol. The summed E-state index contributed by atoms with van der Waals surface area (Å²) < 4.78 is 0. The molecule has 0 radical (unpaired) electrons. The van der Waals surface area contributed by atoms with Crippen LogP contribution in [0.3, 0.4) is 0 Å². The molecule has 1 nitrogen and oxygen atoms in total. The van der Waals surface area contributed by atoms with Gasteiger partial charge in [0.2, 0.25) is 0 Å². The highest BCUT2D eigenvalue weighted by molar-refractivity contribution is 5.82. The van der Waals surface area contributed by atoms with Gasteiger partial charge in [-0.3, -0.25) is 0 Å². The van der Waals surface area contributed by atoms with Crippen molar-refractivity contribution >= 4 is 10.9 Å². The average Bonchev–Trinajstić information content (AvgIpc) is 2.58. The molecule has 2 rings (SSSR count). The van der Waals surface area contributed by atoms with E-state index in [0.717, 1.165) is 5.92 Å². The van der Waals surface area contributed by atoms with E-state index in [9.17, 15) is 0 Å². The Kier molecular flexibility index (Phi) is 2.58. The van der Waals surface area contributed by atoms with Crippen molar-refractivity contribution in [2.45, 2.75) is 26.7 Å². The highest BCUT2D eigenvalue weighted by Gasteiger charge is 2.03. The van der Waals surface area contributed by atoms with E-state index in [2.05, 4.69) is 49.3 Å². The van der Waals surface area contributed by atoms with Gasteiger partial charge in [-0.05, 0) is 30.4 Å². The normalized spacial score (nSPS) is 11.4. The molecule has 0 aliphatic heterocycles. The van der Waals surface area contributed by atoms with Gasteiger partial charge in [0.1, 0.15) is 0 Å². The highest BCUT2D eigenvalue weighted by atomic mass is 14.7. The molecule has 0 bridgehead atoms. The van der Waals surface area contributed by atoms with Crippen molar-refractivity contribution < 1.29 is 0 Å². The molecule has 0 aliphatic carbocycles. The molecule has 0 amide bonds. The van der Waals surface area contributed by atoms with Gasteiger partial charge in [0.25, 0.3) is 0 Å². The number of benzene rings is 1. The quantitative estimate of drug-likeness (QED) is 0.753. The summed E-state index contributed by atoms with van der Waals surface area (Å²) in [5.74, 6) is 0.781. The number of hydrogen-bond donors (Lipinski definition) is 1. The highest BCUT2D eigenvalue weighted by Crippen LogP contribution is 2.20. The van der Waals surface area contributed by atoms with Crippen molar-refractivity contribution in [1.29, 1.82) is 0 Å². The Balaban J connectivity index is 2.25. The van der Waals surface area contributed by atoms with Gasteiger partial charge in [0.15, 0.2) is 0 Å². The smallest absolute Gasteiger partial charge is 0.0456 e. The predicted octanol–water partition coefficient (Wildman–Crippen LogP) is 3.76. The summed E-state index contributed by atoms with van der Waals surface area (Å²) in [7, 11) is 0. The minimum absolute atomic E-state index is 0.781. The molecule has 0 aliphatic rings. The van der Waals surface area contributed by atoms with E-state index in [-0.39, 0.29) is 0 Å². The molecule has 1 aromatic carbocycles. The van der Waals surface area contributed by atoms with Gasteiger partial charge in [-0.15, -0.1) is 0 Å². The first-order chi connectivity index (χ1) is 6.77. The third-order valence-electron chi connectivity index (χ3n) is 2.67. The molecule has 74 valence electrons. The lowest BCUT2D eigenvalue weighted by Crippen LogP contribution is -1.90. The van der Waals surface area contributed by atoms with E-state index in [1.54, 1.807) is 0 Å². The second kappa shape index (κ2) is 3.87. The Morgan fingerprint density at radius 1 is 1.21 bits per heavy atom. The molecule has 1 heteroatoms. The van der Waals surface area contributed by atoms with E-state index in [4.69, 9.17) is 0 Å². The molecular formula is C13H17N. The van der Waals surface area contributed by atoms with Crippen molar-refractivity contribution in [2.75, 3.05) is 0 Å². The number of aryl methyl sites for hydroxylation is 1. The monoisotopic (exact) mass is 187 g/mol. The van der Waals surface area contributed by atoms with Gasteiger partial charge < -0.3 is 4.98 Å². The standard InChI is InChI=1S/C13H17N/c1-10(2)7-8-11-9-14-13-6-4-3-5-12(11)13/h3-6,9-10,14H,7-8H2,1-2H3. The number of H-pyrrole nitrogens is 1. The SMILES string of the molecule is CC(C)CCc1c[nH]c2ccccc12. The maximum Gasteiger partial charge on any atom is 0.0456 e. The first-order valence-electron chi connectivity index (χ1n) is 5.32. The number of rotatable bonds is 3. The number of para-hydroxylation sites is 1. The molecule has 0 atom stereocenters. The lowest BCUT2D eigenvalue weighted by Gasteiger charge is -2.02. The van der Waals surface area contributed by atoms with Crippen molar-refractivity contribution in [3.63, 3.8) is 0 Å². The largest absolute Gasteiger partial charge is 0.361 e. The third kappa shape index (κ3) is 1.82. The number of fused-ring (bicyclic) bond motifs is 1. The van der Waals surface area contributed by atoms with E-state index in [1.165, 1.54) is 29.3 Å². The lowest BCUT2D eigenvalue weighted by atomic mass is 10.0. The Morgan fingerprint density at radius 2 is 2.00 bits per heavy atom. The zero-order valence-corrected chi connectivity index (χ0v) is 8.88. The Hall–Kier alpha value is -1.24. The van der Waals surface area contributed by atoms with Crippen LogP contribution in [-0.2, 0) is 6.42 Å². The summed E-state index contributed by atoms with van der Waals surface area (Å²) in [5, 5.41) is 1.38. The fraction of sp³-hybridized carbons (Fsp3) is 0.385. The van der Waals surface area contributed by atoms with Crippen LogP contribution in [0.5, 0.6) is 0 Å². The van der Waals surface area contributed by atoms with Gasteiger partial charge >= 0.3 is 0 Å². The van der Waals surface area contributed by atoms with Crippen LogP contribution in [0.1, 0.15) is 25.8 Å². The van der Waals surface area contributed by atoms with Gasteiger partial charge in [-0.25, -0.2) is 0 Å². The first kappa shape index (κ1) is 9.32. The maximum atomic E-state index is 3.31. The fourth-order valence-corrected chi connectivity index (χ4v) is 1.78. The van der Waals surface area contributed by atoms with E-state index in [0.29, 0.717) is 0 Å². The van der Waals surface area contributed by atoms with Gasteiger partial charge in [-0.2, -0.15) is 0 Å².